The van der Waals surface area contributed by atoms with Gasteiger partial charge in [-0.3, -0.25) is 16.2 Å². The summed E-state index contributed by atoms with van der Waals surface area (Å²) in [5.41, 5.74) is 3.27. The fourth-order valence-corrected chi connectivity index (χ4v) is 3.41. The zero-order valence-electron chi connectivity index (χ0n) is 9.59. The Kier molecular flexibility index (Phi) is 2.58. The van der Waals surface area contributed by atoms with Gasteiger partial charge >= 0.3 is 0 Å². The number of nitrogens with two attached hydrogens (primary N) is 1. The number of nitrogens with one attached hydrogen (secondary N) is 1. The summed E-state index contributed by atoms with van der Waals surface area (Å²) < 4.78 is 0. The Bertz CT molecular complexity index is 195. The first-order valence-electron chi connectivity index (χ1n) is 5.77. The molecule has 0 spiro atoms. The van der Waals surface area contributed by atoms with Crippen LogP contribution in [0.1, 0.15) is 46.5 Å². The highest BCUT2D eigenvalue weighted by Gasteiger charge is 2.44. The quantitative estimate of drug-likeness (QED) is 0.491. The molecule has 2 fully saturated rings. The van der Waals surface area contributed by atoms with Gasteiger partial charge in [0, 0.05) is 23.7 Å². The zero-order valence-corrected chi connectivity index (χ0v) is 9.59. The molecule has 2 heterocycles. The molecule has 2 unspecified atom stereocenters. The van der Waals surface area contributed by atoms with Gasteiger partial charge in [0.25, 0.3) is 0 Å². The van der Waals surface area contributed by atoms with Crippen molar-refractivity contribution in [1.82, 2.24) is 10.3 Å². The molecule has 0 radical (unpaired) electrons. The van der Waals surface area contributed by atoms with Crippen LogP contribution in [-0.2, 0) is 0 Å². The van der Waals surface area contributed by atoms with Crippen LogP contribution in [0.4, 0.5) is 0 Å². The molecule has 0 aromatic carbocycles. The van der Waals surface area contributed by atoms with E-state index in [4.69, 9.17) is 5.84 Å². The third-order valence-corrected chi connectivity index (χ3v) is 3.74. The minimum Gasteiger partial charge on any atom is -0.292 e. The molecule has 3 nitrogen and oxygen atoms in total. The Hall–Kier alpha value is -0.120. The van der Waals surface area contributed by atoms with Gasteiger partial charge in [-0.15, -0.1) is 0 Å². The first-order valence-corrected chi connectivity index (χ1v) is 5.77. The summed E-state index contributed by atoms with van der Waals surface area (Å²) in [4.78, 5) is 2.71. The summed E-state index contributed by atoms with van der Waals surface area (Å²) in [7, 11) is 0. The third kappa shape index (κ3) is 1.69. The molecule has 0 saturated carbocycles. The maximum atomic E-state index is 5.54. The highest BCUT2D eigenvalue weighted by atomic mass is 15.3. The minimum atomic E-state index is 0.325. The average Bonchev–Trinajstić information content (AvgIpc) is 2.38. The number of hydrogen-bond acceptors (Lipinski definition) is 3. The summed E-state index contributed by atoms with van der Waals surface area (Å²) in [6.07, 6.45) is 5.18. The second-order valence-corrected chi connectivity index (χ2v) is 5.80. The van der Waals surface area contributed by atoms with Crippen LogP contribution < -0.4 is 11.3 Å². The lowest BCUT2D eigenvalue weighted by atomic mass is 9.92. The minimum absolute atomic E-state index is 0.325. The van der Waals surface area contributed by atoms with E-state index in [0.29, 0.717) is 11.6 Å². The highest BCUT2D eigenvalue weighted by Crippen LogP contribution is 2.40. The second kappa shape index (κ2) is 3.47. The third-order valence-electron chi connectivity index (χ3n) is 3.74. The topological polar surface area (TPSA) is 41.3 Å². The fourth-order valence-electron chi connectivity index (χ4n) is 3.41. The maximum Gasteiger partial charge on any atom is 0.0240 e. The monoisotopic (exact) mass is 197 g/mol. The molecule has 0 amide bonds. The van der Waals surface area contributed by atoms with Crippen molar-refractivity contribution in [2.24, 2.45) is 5.84 Å². The highest BCUT2D eigenvalue weighted by molar-refractivity contribution is 5.01. The van der Waals surface area contributed by atoms with Crippen molar-refractivity contribution in [2.75, 3.05) is 0 Å². The number of fused-ring (bicyclic) bond motifs is 2. The van der Waals surface area contributed by atoms with Crippen LogP contribution in [0.15, 0.2) is 0 Å². The molecule has 0 aliphatic carbocycles. The molecule has 82 valence electrons. The summed E-state index contributed by atoms with van der Waals surface area (Å²) in [5, 5.41) is 0. The molecule has 14 heavy (non-hydrogen) atoms. The number of nitrogens with zero attached hydrogens (tertiary/aromatic N) is 1. The van der Waals surface area contributed by atoms with Crippen LogP contribution in [0.25, 0.3) is 0 Å². The lowest BCUT2D eigenvalue weighted by molar-refractivity contribution is 0.0312. The molecule has 2 atom stereocenters. The van der Waals surface area contributed by atoms with Crippen LogP contribution in [0.5, 0.6) is 0 Å². The van der Waals surface area contributed by atoms with Crippen molar-refractivity contribution < 1.29 is 0 Å². The normalized spacial score (nSPS) is 39.0. The van der Waals surface area contributed by atoms with Crippen LogP contribution in [-0.4, -0.2) is 28.6 Å². The number of hydrogen-bond donors (Lipinski definition) is 2. The van der Waals surface area contributed by atoms with Gasteiger partial charge in [-0.25, -0.2) is 0 Å². The molecule has 0 aromatic heterocycles. The number of hydrazine groups is 1. The van der Waals surface area contributed by atoms with E-state index in [2.05, 4.69) is 31.1 Å². The molecule has 0 aromatic rings. The SMILES string of the molecule is CC(C)(C)N1C2CCC1CC(NN)C2. The summed E-state index contributed by atoms with van der Waals surface area (Å²) >= 11 is 0. The van der Waals surface area contributed by atoms with Crippen LogP contribution in [0.3, 0.4) is 0 Å². The fraction of sp³-hybridized carbons (Fsp3) is 1.00. The summed E-state index contributed by atoms with van der Waals surface area (Å²) in [6, 6.07) is 2.07. The predicted molar refractivity (Wildman–Crippen MR) is 58.7 cm³/mol. The molecule has 2 saturated heterocycles. The number of piperidine rings is 1. The molecule has 2 rings (SSSR count). The van der Waals surface area contributed by atoms with E-state index < -0.39 is 0 Å². The van der Waals surface area contributed by atoms with Crippen molar-refractivity contribution >= 4 is 0 Å². The molecule has 2 aliphatic heterocycles. The molecular weight excluding hydrogens is 174 g/mol. The zero-order chi connectivity index (χ0) is 10.3. The van der Waals surface area contributed by atoms with Gasteiger partial charge < -0.3 is 0 Å². The predicted octanol–water partition coefficient (Wildman–Crippen LogP) is 1.24. The van der Waals surface area contributed by atoms with Crippen molar-refractivity contribution in [3.05, 3.63) is 0 Å². The molecular formula is C11H23N3. The van der Waals surface area contributed by atoms with Crippen LogP contribution in [0.2, 0.25) is 0 Å². The van der Waals surface area contributed by atoms with Gasteiger partial charge in [-0.05, 0) is 46.5 Å². The molecule has 2 aliphatic rings. The van der Waals surface area contributed by atoms with Crippen molar-refractivity contribution in [3.63, 3.8) is 0 Å². The lowest BCUT2D eigenvalue weighted by Crippen LogP contribution is -2.56. The van der Waals surface area contributed by atoms with Crippen molar-refractivity contribution in [1.29, 1.82) is 0 Å². The van der Waals surface area contributed by atoms with Crippen molar-refractivity contribution in [2.45, 2.75) is 70.1 Å². The van der Waals surface area contributed by atoms with Gasteiger partial charge in [-0.1, -0.05) is 0 Å². The van der Waals surface area contributed by atoms with Gasteiger partial charge in [-0.2, -0.15) is 0 Å². The Labute approximate surface area is 87.0 Å². The Morgan fingerprint density at radius 1 is 1.14 bits per heavy atom. The summed E-state index contributed by atoms with van der Waals surface area (Å²) in [5.74, 6) is 5.54. The average molecular weight is 197 g/mol. The standard InChI is InChI=1S/C11H23N3/c1-11(2,3)14-9-4-5-10(14)7-8(6-9)13-12/h8-10,13H,4-7,12H2,1-3H3. The Morgan fingerprint density at radius 2 is 1.64 bits per heavy atom. The van der Waals surface area contributed by atoms with E-state index in [0.717, 1.165) is 12.1 Å². The van der Waals surface area contributed by atoms with Gasteiger partial charge in [0.15, 0.2) is 0 Å². The summed E-state index contributed by atoms with van der Waals surface area (Å²) in [6.45, 7) is 6.98. The lowest BCUT2D eigenvalue weighted by Gasteiger charge is -2.46. The van der Waals surface area contributed by atoms with E-state index in [1.165, 1.54) is 25.7 Å². The van der Waals surface area contributed by atoms with Gasteiger partial charge in [0.2, 0.25) is 0 Å². The number of rotatable bonds is 1. The van der Waals surface area contributed by atoms with E-state index >= 15 is 0 Å². The van der Waals surface area contributed by atoms with Crippen LogP contribution >= 0.6 is 0 Å². The first kappa shape index (κ1) is 10.4. The smallest absolute Gasteiger partial charge is 0.0240 e. The maximum absolute atomic E-state index is 5.54. The Balaban J connectivity index is 2.10. The Morgan fingerprint density at radius 3 is 2.00 bits per heavy atom. The van der Waals surface area contributed by atoms with E-state index in [-0.39, 0.29) is 0 Å². The second-order valence-electron chi connectivity index (χ2n) is 5.80. The van der Waals surface area contributed by atoms with Gasteiger partial charge in [0.05, 0.1) is 0 Å². The van der Waals surface area contributed by atoms with Crippen LogP contribution in [0, 0.1) is 0 Å². The van der Waals surface area contributed by atoms with Gasteiger partial charge in [0.1, 0.15) is 0 Å². The van der Waals surface area contributed by atoms with E-state index in [1.807, 2.05) is 0 Å². The van der Waals surface area contributed by atoms with E-state index in [1.54, 1.807) is 0 Å². The first-order chi connectivity index (χ1) is 6.52. The molecule has 2 bridgehead atoms. The molecule has 3 N–H and O–H groups in total. The largest absolute Gasteiger partial charge is 0.292 e. The molecule has 3 heteroatoms. The van der Waals surface area contributed by atoms with E-state index in [9.17, 15) is 0 Å². The van der Waals surface area contributed by atoms with Crippen molar-refractivity contribution in [3.8, 4) is 0 Å².